The Bertz CT molecular complexity index is 399. The molecule has 0 aliphatic rings. The molecule has 0 aliphatic carbocycles. The van der Waals surface area contributed by atoms with Gasteiger partial charge >= 0.3 is 6.21 Å². The van der Waals surface area contributed by atoms with Gasteiger partial charge in [0, 0.05) is 5.56 Å². The first-order chi connectivity index (χ1) is 6.15. The lowest BCUT2D eigenvalue weighted by molar-refractivity contribution is 0.00235. The Balaban J connectivity index is 3.10. The van der Waals surface area contributed by atoms with Gasteiger partial charge in [0.2, 0.25) is 0 Å². The topological polar surface area (TPSA) is 53.5 Å². The van der Waals surface area contributed by atoms with E-state index in [4.69, 9.17) is 17.1 Å². The molecule has 0 aromatic heterocycles. The molecule has 0 heterocycles. The average molecular weight is 199 g/mol. The van der Waals surface area contributed by atoms with Crippen LogP contribution in [0.15, 0.2) is 18.2 Å². The van der Waals surface area contributed by atoms with Crippen molar-refractivity contribution >= 4 is 23.6 Å². The van der Waals surface area contributed by atoms with E-state index in [-0.39, 0.29) is 10.6 Å². The highest BCUT2D eigenvalue weighted by Gasteiger charge is 2.09. The molecule has 0 fully saturated rings. The first kappa shape index (κ1) is 9.58. The summed E-state index contributed by atoms with van der Waals surface area (Å²) in [6.45, 7) is 0. The SMILES string of the molecule is [N-]=[N+]=CC(=O)c1ccc(F)c(Cl)c1. The molecule has 0 spiro atoms. The Kier molecular flexibility index (Phi) is 2.90. The van der Waals surface area contributed by atoms with Crippen molar-refractivity contribution in [1.82, 2.24) is 0 Å². The molecule has 0 saturated carbocycles. The summed E-state index contributed by atoms with van der Waals surface area (Å²) < 4.78 is 12.6. The fourth-order valence-corrected chi connectivity index (χ4v) is 0.957. The lowest BCUT2D eigenvalue weighted by Gasteiger charge is -1.94. The highest BCUT2D eigenvalue weighted by atomic mass is 35.5. The van der Waals surface area contributed by atoms with Crippen molar-refractivity contribution in [1.29, 1.82) is 0 Å². The monoisotopic (exact) mass is 198 g/mol. The average Bonchev–Trinajstić information content (AvgIpc) is 2.10. The van der Waals surface area contributed by atoms with Gasteiger partial charge in [-0.3, -0.25) is 4.79 Å². The Morgan fingerprint density at radius 3 is 2.85 bits per heavy atom. The molecule has 1 rings (SSSR count). The van der Waals surface area contributed by atoms with E-state index >= 15 is 0 Å². The summed E-state index contributed by atoms with van der Waals surface area (Å²) in [6.07, 6.45) is 0.712. The summed E-state index contributed by atoms with van der Waals surface area (Å²) in [6, 6.07) is 3.49. The molecule has 0 radical (unpaired) electrons. The van der Waals surface area contributed by atoms with Crippen molar-refractivity contribution in [3.8, 4) is 0 Å². The molecule has 13 heavy (non-hydrogen) atoms. The molecule has 5 heteroatoms. The van der Waals surface area contributed by atoms with Crippen molar-refractivity contribution in [2.45, 2.75) is 0 Å². The van der Waals surface area contributed by atoms with Gasteiger partial charge in [-0.05, 0) is 18.2 Å². The second-order valence-electron chi connectivity index (χ2n) is 2.24. The van der Waals surface area contributed by atoms with Crippen LogP contribution in [0, 0.1) is 5.82 Å². The number of halogens is 2. The van der Waals surface area contributed by atoms with Gasteiger partial charge in [-0.1, -0.05) is 11.6 Å². The van der Waals surface area contributed by atoms with Gasteiger partial charge in [-0.25, -0.2) is 4.39 Å². The highest BCUT2D eigenvalue weighted by Crippen LogP contribution is 2.15. The Morgan fingerprint density at radius 2 is 2.31 bits per heavy atom. The van der Waals surface area contributed by atoms with Crippen LogP contribution in [0.4, 0.5) is 4.39 Å². The van der Waals surface area contributed by atoms with E-state index in [0.29, 0.717) is 6.21 Å². The molecule has 0 aliphatic heterocycles. The van der Waals surface area contributed by atoms with E-state index in [1.165, 1.54) is 12.1 Å². The maximum absolute atomic E-state index is 12.6. The number of nitrogens with zero attached hydrogens (tertiary/aromatic N) is 2. The Hall–Kier alpha value is -1.51. The number of hydrogen-bond acceptors (Lipinski definition) is 1. The van der Waals surface area contributed by atoms with Crippen molar-refractivity contribution in [3.63, 3.8) is 0 Å². The highest BCUT2D eigenvalue weighted by molar-refractivity contribution is 6.35. The van der Waals surface area contributed by atoms with Crippen LogP contribution < -0.4 is 0 Å². The lowest BCUT2D eigenvalue weighted by atomic mass is 10.1. The van der Waals surface area contributed by atoms with Gasteiger partial charge in [-0.2, -0.15) is 4.79 Å². The minimum Gasteiger partial charge on any atom is -0.361 e. The van der Waals surface area contributed by atoms with E-state index < -0.39 is 11.6 Å². The van der Waals surface area contributed by atoms with Crippen molar-refractivity contribution in [2.24, 2.45) is 0 Å². The van der Waals surface area contributed by atoms with E-state index in [0.717, 1.165) is 6.07 Å². The maximum Gasteiger partial charge on any atom is 0.328 e. The fraction of sp³-hybridized carbons (Fsp3) is 0. The number of carbonyl (C=O) groups excluding carboxylic acids is 1. The summed E-state index contributed by atoms with van der Waals surface area (Å²) in [7, 11) is 0. The Morgan fingerprint density at radius 1 is 1.62 bits per heavy atom. The summed E-state index contributed by atoms with van der Waals surface area (Å²) in [5.41, 5.74) is 8.23. The fourth-order valence-electron chi connectivity index (χ4n) is 0.776. The third-order valence-electron chi connectivity index (χ3n) is 1.38. The molecule has 0 bridgehead atoms. The number of benzene rings is 1. The van der Waals surface area contributed by atoms with Crippen LogP contribution in [-0.2, 0) is 0 Å². The molecular formula is C8H4ClFN2O. The normalized spacial score (nSPS) is 9.08. The molecule has 0 unspecified atom stereocenters. The number of rotatable bonds is 2. The second-order valence-corrected chi connectivity index (χ2v) is 2.64. The predicted molar refractivity (Wildman–Crippen MR) is 45.4 cm³/mol. The van der Waals surface area contributed by atoms with Gasteiger partial charge in [0.15, 0.2) is 0 Å². The quantitative estimate of drug-likeness (QED) is 0.310. The minimum atomic E-state index is -0.598. The van der Waals surface area contributed by atoms with Crippen LogP contribution in [-0.4, -0.2) is 16.8 Å². The molecule has 1 aromatic rings. The summed E-state index contributed by atoms with van der Waals surface area (Å²) >= 11 is 5.42. The van der Waals surface area contributed by atoms with Gasteiger partial charge in [0.1, 0.15) is 5.82 Å². The zero-order chi connectivity index (χ0) is 9.84. The van der Waals surface area contributed by atoms with E-state index in [1.807, 2.05) is 0 Å². The third kappa shape index (κ3) is 2.21. The molecule has 0 atom stereocenters. The van der Waals surface area contributed by atoms with Gasteiger partial charge in [0.25, 0.3) is 5.78 Å². The number of hydrogen-bond donors (Lipinski definition) is 0. The summed E-state index contributed by atoms with van der Waals surface area (Å²) in [4.78, 5) is 13.6. The van der Waals surface area contributed by atoms with Gasteiger partial charge in [-0.15, -0.1) is 0 Å². The standard InChI is InChI=1S/C8H4ClFN2O/c9-6-3-5(1-2-7(6)10)8(13)4-12-11/h1-4H. The first-order valence-corrected chi connectivity index (χ1v) is 3.69. The van der Waals surface area contributed by atoms with Crippen molar-refractivity contribution < 1.29 is 14.0 Å². The smallest absolute Gasteiger partial charge is 0.328 e. The molecule has 0 N–H and O–H groups in total. The lowest BCUT2D eigenvalue weighted by Crippen LogP contribution is -2.00. The second kappa shape index (κ2) is 3.94. The molecule has 66 valence electrons. The summed E-state index contributed by atoms with van der Waals surface area (Å²) in [5.74, 6) is -1.14. The van der Waals surface area contributed by atoms with Crippen LogP contribution in [0.5, 0.6) is 0 Å². The number of carbonyl (C=O) groups is 1. The van der Waals surface area contributed by atoms with Crippen LogP contribution in [0.3, 0.4) is 0 Å². The summed E-state index contributed by atoms with van der Waals surface area (Å²) in [5, 5.41) is -0.141. The first-order valence-electron chi connectivity index (χ1n) is 3.32. The number of ketones is 1. The van der Waals surface area contributed by atoms with Crippen LogP contribution in [0.1, 0.15) is 10.4 Å². The predicted octanol–water partition coefficient (Wildman–Crippen LogP) is 1.96. The molecule has 0 saturated heterocycles. The molecular weight excluding hydrogens is 195 g/mol. The molecule has 3 nitrogen and oxygen atoms in total. The van der Waals surface area contributed by atoms with E-state index in [2.05, 4.69) is 4.79 Å². The third-order valence-corrected chi connectivity index (χ3v) is 1.67. The van der Waals surface area contributed by atoms with E-state index in [1.54, 1.807) is 0 Å². The zero-order valence-electron chi connectivity index (χ0n) is 6.37. The molecule has 1 aromatic carbocycles. The van der Waals surface area contributed by atoms with Gasteiger partial charge < -0.3 is 5.53 Å². The van der Waals surface area contributed by atoms with Crippen molar-refractivity contribution in [3.05, 3.63) is 40.1 Å². The largest absolute Gasteiger partial charge is 0.361 e. The van der Waals surface area contributed by atoms with Crippen LogP contribution in [0.2, 0.25) is 5.02 Å². The van der Waals surface area contributed by atoms with E-state index in [9.17, 15) is 9.18 Å². The zero-order valence-corrected chi connectivity index (χ0v) is 7.12. The number of Topliss-reactive ketones (excluding diaryl/α,β-unsaturated/α-hetero) is 1. The van der Waals surface area contributed by atoms with Crippen LogP contribution >= 0.6 is 11.6 Å². The van der Waals surface area contributed by atoms with Crippen LogP contribution in [0.25, 0.3) is 5.53 Å². The molecule has 0 amide bonds. The van der Waals surface area contributed by atoms with Crippen molar-refractivity contribution in [2.75, 3.05) is 0 Å². The minimum absolute atomic E-state index is 0.141. The maximum atomic E-state index is 12.6. The Labute approximate surface area is 78.4 Å². The van der Waals surface area contributed by atoms with Gasteiger partial charge in [0.05, 0.1) is 5.02 Å².